The van der Waals surface area contributed by atoms with E-state index in [0.29, 0.717) is 6.04 Å². The summed E-state index contributed by atoms with van der Waals surface area (Å²) >= 11 is 0. The molecule has 1 aromatic carbocycles. The minimum atomic E-state index is -0.167. The van der Waals surface area contributed by atoms with Crippen LogP contribution in [0.5, 0.6) is 5.75 Å². The smallest absolute Gasteiger partial charge is 0.125 e. The lowest BCUT2D eigenvalue weighted by Crippen LogP contribution is -2.37. The number of nitrogens with one attached hydrogen (secondary N) is 1. The van der Waals surface area contributed by atoms with Crippen LogP contribution in [0.2, 0.25) is 0 Å². The highest BCUT2D eigenvalue weighted by molar-refractivity contribution is 5.47. The molecule has 1 aliphatic rings. The molecule has 2 heterocycles. The summed E-state index contributed by atoms with van der Waals surface area (Å²) in [5.74, 6) is 0.975. The lowest BCUT2D eigenvalue weighted by atomic mass is 9.89. The lowest BCUT2D eigenvalue weighted by Gasteiger charge is -2.38. The third-order valence-electron chi connectivity index (χ3n) is 3.85. The average molecular weight is 285 g/mol. The Bertz CT molecular complexity index is 630. The van der Waals surface area contributed by atoms with E-state index in [1.165, 1.54) is 5.56 Å². The number of anilines is 1. The van der Waals surface area contributed by atoms with E-state index < -0.39 is 0 Å². The Kier molecular flexibility index (Phi) is 3.40. The fourth-order valence-corrected chi connectivity index (χ4v) is 2.83. The van der Waals surface area contributed by atoms with Crippen molar-refractivity contribution in [2.45, 2.75) is 51.8 Å². The number of ether oxygens (including phenoxy) is 1. The van der Waals surface area contributed by atoms with Crippen molar-refractivity contribution in [2.24, 2.45) is 0 Å². The number of rotatable bonds is 3. The van der Waals surface area contributed by atoms with Crippen LogP contribution >= 0.6 is 0 Å². The van der Waals surface area contributed by atoms with Gasteiger partial charge in [-0.25, -0.2) is 0 Å². The Labute approximate surface area is 126 Å². The zero-order valence-corrected chi connectivity index (χ0v) is 13.1. The molecule has 0 saturated carbocycles. The number of hydrogen-bond acceptors (Lipinski definition) is 3. The van der Waals surface area contributed by atoms with Crippen LogP contribution in [0.4, 0.5) is 5.69 Å². The van der Waals surface area contributed by atoms with Gasteiger partial charge < -0.3 is 10.1 Å². The standard InChI is InChI=1S/C17H23N3O/c1-12(2)20-11-13(10-18-20)19-15-9-17(3,4)21-16-8-6-5-7-14(15)16/h5-8,10-12,15,19H,9H2,1-4H3. The molecule has 112 valence electrons. The Morgan fingerprint density at radius 3 is 2.81 bits per heavy atom. The largest absolute Gasteiger partial charge is 0.487 e. The van der Waals surface area contributed by atoms with E-state index in [2.05, 4.69) is 56.4 Å². The molecule has 2 aromatic rings. The van der Waals surface area contributed by atoms with Crippen molar-refractivity contribution in [3.63, 3.8) is 0 Å². The molecular weight excluding hydrogens is 262 g/mol. The predicted octanol–water partition coefficient (Wildman–Crippen LogP) is 4.18. The lowest BCUT2D eigenvalue weighted by molar-refractivity contribution is 0.0759. The first-order valence-corrected chi connectivity index (χ1v) is 7.53. The van der Waals surface area contributed by atoms with Gasteiger partial charge in [-0.2, -0.15) is 5.10 Å². The molecule has 0 saturated heterocycles. The van der Waals surface area contributed by atoms with Gasteiger partial charge in [-0.1, -0.05) is 18.2 Å². The molecule has 1 atom stereocenters. The van der Waals surface area contributed by atoms with E-state index in [9.17, 15) is 0 Å². The summed E-state index contributed by atoms with van der Waals surface area (Å²) in [6.07, 6.45) is 4.89. The summed E-state index contributed by atoms with van der Waals surface area (Å²) < 4.78 is 8.04. The van der Waals surface area contributed by atoms with E-state index >= 15 is 0 Å². The fourth-order valence-electron chi connectivity index (χ4n) is 2.83. The Hall–Kier alpha value is -1.97. The van der Waals surface area contributed by atoms with Crippen LogP contribution in [0.25, 0.3) is 0 Å². The highest BCUT2D eigenvalue weighted by atomic mass is 16.5. The van der Waals surface area contributed by atoms with Crippen LogP contribution in [-0.4, -0.2) is 15.4 Å². The molecule has 1 N–H and O–H groups in total. The second-order valence-corrected chi connectivity index (χ2v) is 6.60. The SMILES string of the molecule is CC(C)n1cc(NC2CC(C)(C)Oc3ccccc32)cn1. The fraction of sp³-hybridized carbons (Fsp3) is 0.471. The zero-order chi connectivity index (χ0) is 15.0. The molecule has 0 spiro atoms. The van der Waals surface area contributed by atoms with Crippen LogP contribution in [0, 0.1) is 0 Å². The summed E-state index contributed by atoms with van der Waals surface area (Å²) in [6.45, 7) is 8.53. The van der Waals surface area contributed by atoms with Crippen molar-refractivity contribution < 1.29 is 4.74 Å². The third kappa shape index (κ3) is 2.89. The van der Waals surface area contributed by atoms with E-state index in [4.69, 9.17) is 4.74 Å². The van der Waals surface area contributed by atoms with Gasteiger partial charge in [0, 0.05) is 24.2 Å². The summed E-state index contributed by atoms with van der Waals surface area (Å²) in [4.78, 5) is 0. The molecule has 0 bridgehead atoms. The number of aromatic nitrogens is 2. The van der Waals surface area contributed by atoms with E-state index in [1.807, 2.05) is 23.0 Å². The summed E-state index contributed by atoms with van der Waals surface area (Å²) in [7, 11) is 0. The highest BCUT2D eigenvalue weighted by Crippen LogP contribution is 2.40. The molecule has 1 aliphatic heterocycles. The number of para-hydroxylation sites is 1. The third-order valence-corrected chi connectivity index (χ3v) is 3.85. The van der Waals surface area contributed by atoms with E-state index in [1.54, 1.807) is 0 Å². The van der Waals surface area contributed by atoms with Gasteiger partial charge in [-0.3, -0.25) is 4.68 Å². The Morgan fingerprint density at radius 1 is 1.33 bits per heavy atom. The maximum atomic E-state index is 6.07. The first-order valence-electron chi connectivity index (χ1n) is 7.53. The van der Waals surface area contributed by atoms with Crippen molar-refractivity contribution in [2.75, 3.05) is 5.32 Å². The molecule has 21 heavy (non-hydrogen) atoms. The van der Waals surface area contributed by atoms with Gasteiger partial charge in [-0.15, -0.1) is 0 Å². The first kappa shape index (κ1) is 14.0. The number of fused-ring (bicyclic) bond motifs is 1. The van der Waals surface area contributed by atoms with Gasteiger partial charge in [0.25, 0.3) is 0 Å². The summed E-state index contributed by atoms with van der Waals surface area (Å²) in [6, 6.07) is 8.88. The van der Waals surface area contributed by atoms with E-state index in [-0.39, 0.29) is 11.6 Å². The molecule has 0 radical (unpaired) electrons. The van der Waals surface area contributed by atoms with Crippen LogP contribution < -0.4 is 10.1 Å². The summed E-state index contributed by atoms with van der Waals surface area (Å²) in [5, 5.41) is 8.00. The highest BCUT2D eigenvalue weighted by Gasteiger charge is 2.33. The molecule has 3 rings (SSSR count). The van der Waals surface area contributed by atoms with Crippen molar-refractivity contribution >= 4 is 5.69 Å². The Balaban J connectivity index is 1.87. The van der Waals surface area contributed by atoms with Crippen LogP contribution in [-0.2, 0) is 0 Å². The van der Waals surface area contributed by atoms with Gasteiger partial charge in [0.1, 0.15) is 11.4 Å². The maximum Gasteiger partial charge on any atom is 0.125 e. The van der Waals surface area contributed by atoms with Gasteiger partial charge >= 0.3 is 0 Å². The molecule has 4 nitrogen and oxygen atoms in total. The molecule has 4 heteroatoms. The number of nitrogens with zero attached hydrogens (tertiary/aromatic N) is 2. The predicted molar refractivity (Wildman–Crippen MR) is 84.7 cm³/mol. The zero-order valence-electron chi connectivity index (χ0n) is 13.1. The van der Waals surface area contributed by atoms with Crippen molar-refractivity contribution in [3.05, 3.63) is 42.2 Å². The molecule has 0 amide bonds. The normalized spacial score (nSPS) is 20.0. The van der Waals surface area contributed by atoms with Gasteiger partial charge in [-0.05, 0) is 33.8 Å². The van der Waals surface area contributed by atoms with Crippen LogP contribution in [0.15, 0.2) is 36.7 Å². The summed E-state index contributed by atoms with van der Waals surface area (Å²) in [5.41, 5.74) is 2.11. The second-order valence-electron chi connectivity index (χ2n) is 6.60. The minimum absolute atomic E-state index is 0.167. The maximum absolute atomic E-state index is 6.07. The molecule has 0 fully saturated rings. The van der Waals surface area contributed by atoms with Crippen LogP contribution in [0.3, 0.4) is 0 Å². The first-order chi connectivity index (χ1) is 9.94. The van der Waals surface area contributed by atoms with Crippen molar-refractivity contribution in [1.29, 1.82) is 0 Å². The quantitative estimate of drug-likeness (QED) is 0.919. The number of hydrogen-bond donors (Lipinski definition) is 1. The number of benzene rings is 1. The molecule has 1 unspecified atom stereocenters. The van der Waals surface area contributed by atoms with Crippen molar-refractivity contribution in [3.8, 4) is 5.75 Å². The minimum Gasteiger partial charge on any atom is -0.487 e. The molecular formula is C17H23N3O. The Morgan fingerprint density at radius 2 is 2.10 bits per heavy atom. The average Bonchev–Trinajstić information content (AvgIpc) is 2.86. The van der Waals surface area contributed by atoms with Crippen molar-refractivity contribution in [1.82, 2.24) is 9.78 Å². The topological polar surface area (TPSA) is 39.1 Å². The van der Waals surface area contributed by atoms with Gasteiger partial charge in [0.15, 0.2) is 0 Å². The molecule has 0 aliphatic carbocycles. The second kappa shape index (κ2) is 5.10. The monoisotopic (exact) mass is 285 g/mol. The molecule has 1 aromatic heterocycles. The van der Waals surface area contributed by atoms with Gasteiger partial charge in [0.05, 0.1) is 17.9 Å². The van der Waals surface area contributed by atoms with Gasteiger partial charge in [0.2, 0.25) is 0 Å². The van der Waals surface area contributed by atoms with E-state index in [0.717, 1.165) is 17.9 Å². The van der Waals surface area contributed by atoms with Crippen LogP contribution in [0.1, 0.15) is 51.8 Å².